The van der Waals surface area contributed by atoms with Gasteiger partial charge < -0.3 is 5.32 Å². The molecular formula is C15H19FN2S. The molecule has 0 amide bonds. The summed E-state index contributed by atoms with van der Waals surface area (Å²) in [5, 5.41) is 3.49. The minimum absolute atomic E-state index is 0.171. The summed E-state index contributed by atoms with van der Waals surface area (Å²) in [4.78, 5) is 5.59. The van der Waals surface area contributed by atoms with E-state index < -0.39 is 0 Å². The second-order valence-corrected chi connectivity index (χ2v) is 5.57. The molecule has 0 fully saturated rings. The standard InChI is InChI=1S/C15H19FN2S/c1-4-17-14(15-11(3)18-9-19-15)8-12-5-6-13(16)7-10(12)2/h5-7,9,14,17H,4,8H2,1-3H3. The first-order valence-electron chi connectivity index (χ1n) is 6.50. The van der Waals surface area contributed by atoms with Crippen molar-refractivity contribution >= 4 is 11.3 Å². The van der Waals surface area contributed by atoms with Crippen molar-refractivity contribution in [3.63, 3.8) is 0 Å². The van der Waals surface area contributed by atoms with E-state index in [1.54, 1.807) is 17.4 Å². The largest absolute Gasteiger partial charge is 0.309 e. The molecule has 0 aliphatic carbocycles. The Labute approximate surface area is 117 Å². The van der Waals surface area contributed by atoms with E-state index in [2.05, 4.69) is 17.2 Å². The molecule has 1 unspecified atom stereocenters. The van der Waals surface area contributed by atoms with Gasteiger partial charge in [-0.1, -0.05) is 13.0 Å². The Morgan fingerprint density at radius 3 is 2.74 bits per heavy atom. The molecule has 0 radical (unpaired) electrons. The summed E-state index contributed by atoms with van der Waals surface area (Å²) in [5.74, 6) is -0.171. The van der Waals surface area contributed by atoms with Crippen LogP contribution < -0.4 is 5.32 Å². The van der Waals surface area contributed by atoms with E-state index in [-0.39, 0.29) is 11.9 Å². The second kappa shape index (κ2) is 6.26. The fourth-order valence-electron chi connectivity index (χ4n) is 2.26. The Morgan fingerprint density at radius 2 is 2.16 bits per heavy atom. The highest BCUT2D eigenvalue weighted by Crippen LogP contribution is 2.26. The van der Waals surface area contributed by atoms with E-state index in [1.807, 2.05) is 25.4 Å². The molecule has 0 spiro atoms. The van der Waals surface area contributed by atoms with Crippen molar-refractivity contribution in [2.75, 3.05) is 6.54 Å². The van der Waals surface area contributed by atoms with Crippen LogP contribution in [0, 0.1) is 19.7 Å². The van der Waals surface area contributed by atoms with Crippen LogP contribution in [-0.2, 0) is 6.42 Å². The van der Waals surface area contributed by atoms with Gasteiger partial charge in [-0.05, 0) is 50.1 Å². The number of halogens is 1. The van der Waals surface area contributed by atoms with E-state index in [0.29, 0.717) is 0 Å². The molecule has 102 valence electrons. The molecule has 2 aromatic rings. The van der Waals surface area contributed by atoms with E-state index in [0.717, 1.165) is 24.2 Å². The van der Waals surface area contributed by atoms with E-state index in [4.69, 9.17) is 0 Å². The Kier molecular flexibility index (Phi) is 4.66. The van der Waals surface area contributed by atoms with E-state index >= 15 is 0 Å². The zero-order valence-corrected chi connectivity index (χ0v) is 12.4. The van der Waals surface area contributed by atoms with Gasteiger partial charge >= 0.3 is 0 Å². The van der Waals surface area contributed by atoms with Crippen LogP contribution in [0.25, 0.3) is 0 Å². The minimum atomic E-state index is -0.171. The lowest BCUT2D eigenvalue weighted by Crippen LogP contribution is -2.23. The van der Waals surface area contributed by atoms with Gasteiger partial charge in [0.2, 0.25) is 0 Å². The number of hydrogen-bond donors (Lipinski definition) is 1. The van der Waals surface area contributed by atoms with Gasteiger partial charge in [0, 0.05) is 10.9 Å². The predicted molar refractivity (Wildman–Crippen MR) is 78.1 cm³/mol. The topological polar surface area (TPSA) is 24.9 Å². The monoisotopic (exact) mass is 278 g/mol. The molecule has 0 saturated carbocycles. The number of benzene rings is 1. The first-order chi connectivity index (χ1) is 9.11. The van der Waals surface area contributed by atoms with Gasteiger partial charge in [-0.3, -0.25) is 0 Å². The van der Waals surface area contributed by atoms with Gasteiger partial charge in [0.25, 0.3) is 0 Å². The van der Waals surface area contributed by atoms with Gasteiger partial charge in [-0.25, -0.2) is 9.37 Å². The molecule has 1 aromatic carbocycles. The molecule has 1 atom stereocenters. The number of hydrogen-bond acceptors (Lipinski definition) is 3. The quantitative estimate of drug-likeness (QED) is 0.900. The summed E-state index contributed by atoms with van der Waals surface area (Å²) in [6.07, 6.45) is 0.864. The third-order valence-corrected chi connectivity index (χ3v) is 4.32. The van der Waals surface area contributed by atoms with Crippen LogP contribution in [0.5, 0.6) is 0 Å². The molecule has 0 aliphatic heterocycles. The highest BCUT2D eigenvalue weighted by atomic mass is 32.1. The van der Waals surface area contributed by atoms with Crippen LogP contribution in [0.3, 0.4) is 0 Å². The maximum absolute atomic E-state index is 13.1. The van der Waals surface area contributed by atoms with Crippen molar-refractivity contribution in [2.45, 2.75) is 33.2 Å². The molecule has 1 heterocycles. The molecule has 0 saturated heterocycles. The summed E-state index contributed by atoms with van der Waals surface area (Å²) in [6.45, 7) is 7.00. The van der Waals surface area contributed by atoms with Crippen LogP contribution in [-0.4, -0.2) is 11.5 Å². The summed E-state index contributed by atoms with van der Waals surface area (Å²) in [5.41, 5.74) is 5.15. The lowest BCUT2D eigenvalue weighted by atomic mass is 9.99. The Bertz CT molecular complexity index is 551. The third-order valence-electron chi connectivity index (χ3n) is 3.28. The predicted octanol–water partition coefficient (Wildman–Crippen LogP) is 3.79. The van der Waals surface area contributed by atoms with Crippen LogP contribution in [0.1, 0.15) is 34.7 Å². The van der Waals surface area contributed by atoms with Crippen LogP contribution >= 0.6 is 11.3 Å². The summed E-state index contributed by atoms with van der Waals surface area (Å²) >= 11 is 1.68. The number of likely N-dealkylation sites (N-methyl/N-ethyl adjacent to an activating group) is 1. The highest BCUT2D eigenvalue weighted by Gasteiger charge is 2.16. The average Bonchev–Trinajstić information content (AvgIpc) is 2.78. The number of aryl methyl sites for hydroxylation is 2. The third kappa shape index (κ3) is 3.39. The van der Waals surface area contributed by atoms with Crippen molar-refractivity contribution in [2.24, 2.45) is 0 Å². The molecule has 0 aliphatic rings. The number of nitrogens with zero attached hydrogens (tertiary/aromatic N) is 1. The highest BCUT2D eigenvalue weighted by molar-refractivity contribution is 7.09. The fourth-order valence-corrected chi connectivity index (χ4v) is 3.14. The molecule has 19 heavy (non-hydrogen) atoms. The van der Waals surface area contributed by atoms with Crippen LogP contribution in [0.2, 0.25) is 0 Å². The zero-order valence-electron chi connectivity index (χ0n) is 11.5. The van der Waals surface area contributed by atoms with E-state index in [1.165, 1.54) is 16.5 Å². The van der Waals surface area contributed by atoms with Crippen molar-refractivity contribution in [1.29, 1.82) is 0 Å². The maximum atomic E-state index is 13.1. The Hall–Kier alpha value is -1.26. The van der Waals surface area contributed by atoms with Gasteiger partial charge in [0.1, 0.15) is 5.82 Å². The fraction of sp³-hybridized carbons (Fsp3) is 0.400. The van der Waals surface area contributed by atoms with Crippen molar-refractivity contribution < 1.29 is 4.39 Å². The van der Waals surface area contributed by atoms with Crippen molar-refractivity contribution in [3.8, 4) is 0 Å². The van der Waals surface area contributed by atoms with Gasteiger partial charge in [-0.2, -0.15) is 0 Å². The summed E-state index contributed by atoms with van der Waals surface area (Å²) in [6, 6.07) is 5.26. The molecule has 1 N–H and O–H groups in total. The second-order valence-electron chi connectivity index (χ2n) is 4.69. The van der Waals surface area contributed by atoms with Crippen molar-refractivity contribution in [1.82, 2.24) is 10.3 Å². The number of thiazole rings is 1. The van der Waals surface area contributed by atoms with Gasteiger partial charge in [-0.15, -0.1) is 11.3 Å². The van der Waals surface area contributed by atoms with E-state index in [9.17, 15) is 4.39 Å². The maximum Gasteiger partial charge on any atom is 0.123 e. The first-order valence-corrected chi connectivity index (χ1v) is 7.38. The van der Waals surface area contributed by atoms with Gasteiger partial charge in [0.05, 0.1) is 11.2 Å². The number of rotatable bonds is 5. The Balaban J connectivity index is 2.24. The lowest BCUT2D eigenvalue weighted by Gasteiger charge is -2.18. The van der Waals surface area contributed by atoms with Crippen LogP contribution in [0.15, 0.2) is 23.7 Å². The Morgan fingerprint density at radius 1 is 1.37 bits per heavy atom. The average molecular weight is 278 g/mol. The molecule has 4 heteroatoms. The van der Waals surface area contributed by atoms with Crippen LogP contribution in [0.4, 0.5) is 4.39 Å². The molecular weight excluding hydrogens is 259 g/mol. The minimum Gasteiger partial charge on any atom is -0.309 e. The molecule has 0 bridgehead atoms. The van der Waals surface area contributed by atoms with Crippen molar-refractivity contribution in [3.05, 3.63) is 51.2 Å². The molecule has 2 rings (SSSR count). The van der Waals surface area contributed by atoms with Gasteiger partial charge in [0.15, 0.2) is 0 Å². The summed E-state index contributed by atoms with van der Waals surface area (Å²) < 4.78 is 13.1. The number of nitrogens with one attached hydrogen (secondary N) is 1. The lowest BCUT2D eigenvalue weighted by molar-refractivity contribution is 0.552. The summed E-state index contributed by atoms with van der Waals surface area (Å²) in [7, 11) is 0. The first kappa shape index (κ1) is 14.2. The smallest absolute Gasteiger partial charge is 0.123 e. The SMILES string of the molecule is CCNC(Cc1ccc(F)cc1C)c1scnc1C. The normalized spacial score (nSPS) is 12.6. The zero-order chi connectivity index (χ0) is 13.8. The molecule has 2 nitrogen and oxygen atoms in total. The number of aromatic nitrogens is 1. The molecule has 1 aromatic heterocycles.